The molecule has 15 heteroatoms. The molecule has 0 fully saturated rings. The number of rotatable bonds is 12. The van der Waals surface area contributed by atoms with E-state index in [0.717, 1.165) is 17.3 Å². The monoisotopic (exact) mass is 655 g/mol. The van der Waals surface area contributed by atoms with E-state index in [-0.39, 0.29) is 30.7 Å². The third kappa shape index (κ3) is 9.41. The Hall–Kier alpha value is -4.17. The molecule has 0 saturated carbocycles. The first-order chi connectivity index (χ1) is 21.1. The highest BCUT2D eigenvalue weighted by Crippen LogP contribution is 2.46. The lowest BCUT2D eigenvalue weighted by atomic mass is 10.00. The van der Waals surface area contributed by atoms with Gasteiger partial charge in [0.1, 0.15) is 24.1 Å². The number of hydrogen-bond acceptors (Lipinski definition) is 6. The summed E-state index contributed by atoms with van der Waals surface area (Å²) >= 11 is 6.66. The Bertz CT molecular complexity index is 1540. The Balaban J connectivity index is 0.000000392. The lowest BCUT2D eigenvalue weighted by Gasteiger charge is -2.17. The summed E-state index contributed by atoms with van der Waals surface area (Å²) in [6.07, 6.45) is -3.33. The number of alkyl halides is 3. The predicted octanol–water partition coefficient (Wildman–Crippen LogP) is 5.09. The number of aryl methyl sites for hydroxylation is 1. The fourth-order valence-electron chi connectivity index (χ4n) is 4.98. The van der Waals surface area contributed by atoms with Gasteiger partial charge in [-0.1, -0.05) is 23.7 Å². The summed E-state index contributed by atoms with van der Waals surface area (Å²) in [5.41, 5.74) is 16.4. The standard InChI is InChI=1S/C24H23ClF3NO4.C6H14N4O2/c1-13(2)33-18-7-6-14(10-16(18)24(26,27)28)12-32-19-5-3-4-17-21(19)22(25)23-15(11-20(30)31)8-9-29(17)23;7-4(5(11)12)2-1-3-10-6(8)9/h3-7,10,13,15H,8-9,11-12H2,1-2H3,(H,30,31);4H,1-3,7H2,(H,11,12)(H4,8,9,10)/t15-;4-/m10/s1. The number of carboxylic acids is 2. The number of halogens is 4. The molecule has 0 unspecified atom stereocenters. The third-order valence-corrected chi connectivity index (χ3v) is 7.31. The normalized spacial score (nSPS) is 14.8. The molecule has 1 aliphatic heterocycles. The second-order valence-electron chi connectivity index (χ2n) is 10.8. The highest BCUT2D eigenvalue weighted by atomic mass is 35.5. The first kappa shape index (κ1) is 35.3. The third-order valence-electron chi connectivity index (χ3n) is 6.93. The van der Waals surface area contributed by atoms with Gasteiger partial charge in [0.15, 0.2) is 5.96 Å². The quantitative estimate of drug-likeness (QED) is 0.100. The van der Waals surface area contributed by atoms with Crippen molar-refractivity contribution in [3.8, 4) is 11.5 Å². The average molecular weight is 656 g/mol. The van der Waals surface area contributed by atoms with Gasteiger partial charge in [-0.3, -0.25) is 14.6 Å². The Kier molecular flexibility index (Phi) is 11.9. The number of hydrogen-bond donors (Lipinski definition) is 5. The van der Waals surface area contributed by atoms with Crippen molar-refractivity contribution in [1.29, 1.82) is 0 Å². The van der Waals surface area contributed by atoms with E-state index in [9.17, 15) is 27.9 Å². The molecular weight excluding hydrogens is 619 g/mol. The van der Waals surface area contributed by atoms with Crippen LogP contribution in [0.15, 0.2) is 41.4 Å². The fraction of sp³-hybridized carbons (Fsp3) is 0.433. The molecule has 246 valence electrons. The summed E-state index contributed by atoms with van der Waals surface area (Å²) in [4.78, 5) is 25.1. The Morgan fingerprint density at radius 1 is 1.16 bits per heavy atom. The SMILES string of the molecule is CC(C)Oc1ccc(COc2cccc3c2c(Cl)c2n3CC[C@@H]2CC(=O)O)cc1C(F)(F)F.NC(N)=NCCC[C@H](N)C(=O)O. The minimum Gasteiger partial charge on any atom is -0.490 e. The van der Waals surface area contributed by atoms with Crippen LogP contribution in [0.3, 0.4) is 0 Å². The lowest BCUT2D eigenvalue weighted by molar-refractivity contribution is -0.140. The van der Waals surface area contributed by atoms with E-state index in [1.807, 2.05) is 10.6 Å². The van der Waals surface area contributed by atoms with Gasteiger partial charge in [-0.25, -0.2) is 0 Å². The van der Waals surface area contributed by atoms with Crippen LogP contribution in [-0.2, 0) is 28.9 Å². The van der Waals surface area contributed by atoms with Crippen LogP contribution >= 0.6 is 11.6 Å². The maximum Gasteiger partial charge on any atom is 0.419 e. The minimum atomic E-state index is -4.56. The van der Waals surface area contributed by atoms with E-state index in [2.05, 4.69) is 4.99 Å². The Morgan fingerprint density at radius 3 is 2.47 bits per heavy atom. The van der Waals surface area contributed by atoms with Crippen molar-refractivity contribution in [2.24, 2.45) is 22.2 Å². The number of guanidine groups is 1. The van der Waals surface area contributed by atoms with Gasteiger partial charge in [-0.2, -0.15) is 13.2 Å². The smallest absolute Gasteiger partial charge is 0.419 e. The van der Waals surface area contributed by atoms with Crippen LogP contribution < -0.4 is 26.7 Å². The molecule has 8 N–H and O–H groups in total. The van der Waals surface area contributed by atoms with Gasteiger partial charge in [0.05, 0.1) is 34.0 Å². The number of aliphatic imine (C=N–C) groups is 1. The van der Waals surface area contributed by atoms with Crippen molar-refractivity contribution < 1.29 is 42.4 Å². The first-order valence-corrected chi connectivity index (χ1v) is 14.5. The van der Waals surface area contributed by atoms with E-state index >= 15 is 0 Å². The summed E-state index contributed by atoms with van der Waals surface area (Å²) < 4.78 is 53.8. The van der Waals surface area contributed by atoms with Crippen LogP contribution in [0.4, 0.5) is 13.2 Å². The van der Waals surface area contributed by atoms with Crippen LogP contribution in [-0.4, -0.2) is 51.4 Å². The van der Waals surface area contributed by atoms with Gasteiger partial charge >= 0.3 is 18.1 Å². The van der Waals surface area contributed by atoms with Gasteiger partial charge in [0.2, 0.25) is 0 Å². The van der Waals surface area contributed by atoms with E-state index in [4.69, 9.17) is 43.4 Å². The largest absolute Gasteiger partial charge is 0.490 e. The average Bonchev–Trinajstić information content (AvgIpc) is 3.48. The number of benzene rings is 2. The van der Waals surface area contributed by atoms with Crippen molar-refractivity contribution >= 4 is 40.4 Å². The van der Waals surface area contributed by atoms with Gasteiger partial charge < -0.3 is 41.5 Å². The molecule has 2 aromatic carbocycles. The van der Waals surface area contributed by atoms with Crippen LogP contribution in [0.2, 0.25) is 5.02 Å². The van der Waals surface area contributed by atoms with Gasteiger partial charge in [-0.15, -0.1) is 0 Å². The highest BCUT2D eigenvalue weighted by Gasteiger charge is 2.35. The van der Waals surface area contributed by atoms with Crippen molar-refractivity contribution in [2.75, 3.05) is 6.54 Å². The molecule has 45 heavy (non-hydrogen) atoms. The first-order valence-electron chi connectivity index (χ1n) is 14.2. The second kappa shape index (κ2) is 15.2. The van der Waals surface area contributed by atoms with Crippen LogP contribution in [0.1, 0.15) is 62.3 Å². The zero-order chi connectivity index (χ0) is 33.5. The molecule has 0 amide bonds. The molecule has 1 aliphatic rings. The molecule has 0 aliphatic carbocycles. The summed E-state index contributed by atoms with van der Waals surface area (Å²) in [5.74, 6) is -1.86. The molecule has 0 saturated heterocycles. The summed E-state index contributed by atoms with van der Waals surface area (Å²) in [5, 5.41) is 18.7. The zero-order valence-corrected chi connectivity index (χ0v) is 25.6. The van der Waals surface area contributed by atoms with Crippen LogP contribution in [0, 0.1) is 0 Å². The number of carbonyl (C=O) groups is 2. The van der Waals surface area contributed by atoms with Gasteiger partial charge in [0.25, 0.3) is 0 Å². The number of aliphatic carboxylic acids is 2. The molecule has 0 radical (unpaired) electrons. The molecular formula is C30H37ClF3N5O6. The van der Waals surface area contributed by atoms with Crippen molar-refractivity contribution in [2.45, 2.75) is 76.9 Å². The molecule has 11 nitrogen and oxygen atoms in total. The maximum absolute atomic E-state index is 13.5. The van der Waals surface area contributed by atoms with Crippen molar-refractivity contribution in [3.05, 3.63) is 58.2 Å². The van der Waals surface area contributed by atoms with Crippen molar-refractivity contribution in [1.82, 2.24) is 4.57 Å². The Labute approximate surface area is 262 Å². The van der Waals surface area contributed by atoms with E-state index in [1.165, 1.54) is 12.1 Å². The molecule has 4 rings (SSSR count). The summed E-state index contributed by atoms with van der Waals surface area (Å²) in [7, 11) is 0. The van der Waals surface area contributed by atoms with Gasteiger partial charge in [-0.05, 0) is 62.9 Å². The topological polar surface area (TPSA) is 188 Å². The van der Waals surface area contributed by atoms with E-state index in [1.54, 1.807) is 26.0 Å². The lowest BCUT2D eigenvalue weighted by Crippen LogP contribution is -2.30. The number of nitrogens with two attached hydrogens (primary N) is 3. The summed E-state index contributed by atoms with van der Waals surface area (Å²) in [6.45, 7) is 4.30. The zero-order valence-electron chi connectivity index (χ0n) is 24.8. The van der Waals surface area contributed by atoms with Gasteiger partial charge in [0, 0.05) is 24.7 Å². The number of carboxylic acid groups (broad SMARTS) is 2. The number of fused-ring (bicyclic) bond motifs is 3. The Morgan fingerprint density at radius 2 is 1.87 bits per heavy atom. The molecule has 2 heterocycles. The number of ether oxygens (including phenoxy) is 2. The van der Waals surface area contributed by atoms with Crippen LogP contribution in [0.25, 0.3) is 10.9 Å². The molecule has 0 bridgehead atoms. The molecule has 2 atom stereocenters. The summed E-state index contributed by atoms with van der Waals surface area (Å²) in [6, 6.07) is 8.42. The fourth-order valence-corrected chi connectivity index (χ4v) is 5.43. The molecule has 1 aromatic heterocycles. The van der Waals surface area contributed by atoms with Crippen molar-refractivity contribution in [3.63, 3.8) is 0 Å². The number of nitrogens with zero attached hydrogens (tertiary/aromatic N) is 2. The van der Waals surface area contributed by atoms with Crippen LogP contribution in [0.5, 0.6) is 11.5 Å². The molecule has 3 aromatic rings. The van der Waals surface area contributed by atoms with E-state index < -0.39 is 35.8 Å². The minimum absolute atomic E-state index is 0.0129. The van der Waals surface area contributed by atoms with E-state index in [0.29, 0.717) is 54.1 Å². The highest BCUT2D eigenvalue weighted by molar-refractivity contribution is 6.37. The number of aromatic nitrogens is 1. The molecule has 0 spiro atoms. The predicted molar refractivity (Wildman–Crippen MR) is 164 cm³/mol. The maximum atomic E-state index is 13.5. The second-order valence-corrected chi connectivity index (χ2v) is 11.1.